The molecule has 0 aliphatic rings. The molecule has 2 nitrogen and oxygen atoms in total. The van der Waals surface area contributed by atoms with E-state index in [1.807, 2.05) is 30.3 Å². The molecule has 0 saturated heterocycles. The van der Waals surface area contributed by atoms with Crippen LogP contribution in [0, 0.1) is 0 Å². The Labute approximate surface area is 89.7 Å². The van der Waals surface area contributed by atoms with Crippen molar-refractivity contribution in [3.05, 3.63) is 35.9 Å². The molecule has 0 N–H and O–H groups in total. The summed E-state index contributed by atoms with van der Waals surface area (Å²) in [6, 6.07) is 9.92. The topological polar surface area (TPSA) is 26.3 Å². The first kappa shape index (κ1) is 11.1. The molecule has 0 aliphatic heterocycles. The van der Waals surface area contributed by atoms with Crippen molar-refractivity contribution in [1.82, 2.24) is 0 Å². The molecule has 1 aromatic carbocycles. The van der Waals surface area contributed by atoms with Gasteiger partial charge in [-0.3, -0.25) is 4.79 Å². The van der Waals surface area contributed by atoms with E-state index in [1.165, 1.54) is 7.11 Å². The molecule has 3 heteroatoms. The van der Waals surface area contributed by atoms with Crippen LogP contribution in [0.15, 0.2) is 30.3 Å². The molecule has 0 saturated carbocycles. The van der Waals surface area contributed by atoms with Crippen molar-refractivity contribution in [3.8, 4) is 0 Å². The Morgan fingerprint density at radius 3 is 2.64 bits per heavy atom. The number of methoxy groups -OCH3 is 1. The summed E-state index contributed by atoms with van der Waals surface area (Å²) in [5.41, 5.74) is 1.14. The Hall–Kier alpha value is -0.960. The molecule has 0 bridgehead atoms. The van der Waals surface area contributed by atoms with Gasteiger partial charge in [-0.2, -0.15) is 12.6 Å². The van der Waals surface area contributed by atoms with Gasteiger partial charge in [0.15, 0.2) is 0 Å². The van der Waals surface area contributed by atoms with Crippen molar-refractivity contribution in [1.29, 1.82) is 0 Å². The standard InChI is InChI=1S/C11H14O2S/c1-13-11(12)8-7-10(14)9-5-3-2-4-6-9/h2-6,10,14H,7-8H2,1H3. The molecule has 0 heterocycles. The molecule has 14 heavy (non-hydrogen) atoms. The van der Waals surface area contributed by atoms with Crippen LogP contribution in [0.25, 0.3) is 0 Å². The van der Waals surface area contributed by atoms with Crippen LogP contribution >= 0.6 is 12.6 Å². The highest BCUT2D eigenvalue weighted by Gasteiger charge is 2.08. The minimum Gasteiger partial charge on any atom is -0.469 e. The molecule has 76 valence electrons. The summed E-state index contributed by atoms with van der Waals surface area (Å²) in [6.07, 6.45) is 1.12. The van der Waals surface area contributed by atoms with Crippen molar-refractivity contribution >= 4 is 18.6 Å². The second-order valence-electron chi connectivity index (χ2n) is 3.04. The third kappa shape index (κ3) is 3.42. The summed E-state index contributed by atoms with van der Waals surface area (Å²) < 4.78 is 4.56. The van der Waals surface area contributed by atoms with E-state index in [2.05, 4.69) is 17.4 Å². The smallest absolute Gasteiger partial charge is 0.305 e. The lowest BCUT2D eigenvalue weighted by Crippen LogP contribution is -2.02. The zero-order valence-corrected chi connectivity index (χ0v) is 9.04. The molecular formula is C11H14O2S. The SMILES string of the molecule is COC(=O)CCC(S)c1ccccc1. The van der Waals surface area contributed by atoms with E-state index in [-0.39, 0.29) is 11.2 Å². The van der Waals surface area contributed by atoms with Crippen LogP contribution in [0.4, 0.5) is 0 Å². The highest BCUT2D eigenvalue weighted by atomic mass is 32.1. The van der Waals surface area contributed by atoms with Crippen molar-refractivity contribution in [2.24, 2.45) is 0 Å². The van der Waals surface area contributed by atoms with Crippen LogP contribution in [-0.4, -0.2) is 13.1 Å². The van der Waals surface area contributed by atoms with E-state index < -0.39 is 0 Å². The normalized spacial score (nSPS) is 12.1. The van der Waals surface area contributed by atoms with Gasteiger partial charge in [0.1, 0.15) is 0 Å². The van der Waals surface area contributed by atoms with E-state index in [4.69, 9.17) is 0 Å². The molecule has 0 aromatic heterocycles. The minimum absolute atomic E-state index is 0.107. The van der Waals surface area contributed by atoms with Gasteiger partial charge in [0.2, 0.25) is 0 Å². The zero-order valence-electron chi connectivity index (χ0n) is 8.14. The Balaban J connectivity index is 2.43. The number of ether oxygens (including phenoxy) is 1. The molecule has 0 fully saturated rings. The first-order chi connectivity index (χ1) is 6.74. The predicted molar refractivity (Wildman–Crippen MR) is 59.4 cm³/mol. The Bertz CT molecular complexity index is 285. The van der Waals surface area contributed by atoms with Gasteiger partial charge in [0, 0.05) is 11.7 Å². The number of hydrogen-bond acceptors (Lipinski definition) is 3. The van der Waals surface area contributed by atoms with E-state index in [1.54, 1.807) is 0 Å². The Morgan fingerprint density at radius 1 is 1.43 bits per heavy atom. The number of esters is 1. The lowest BCUT2D eigenvalue weighted by Gasteiger charge is -2.09. The van der Waals surface area contributed by atoms with Gasteiger partial charge >= 0.3 is 5.97 Å². The molecule has 1 aromatic rings. The fraction of sp³-hybridized carbons (Fsp3) is 0.364. The molecule has 1 rings (SSSR count). The van der Waals surface area contributed by atoms with Crippen LogP contribution in [0.3, 0.4) is 0 Å². The Morgan fingerprint density at radius 2 is 2.07 bits per heavy atom. The van der Waals surface area contributed by atoms with Crippen molar-refractivity contribution < 1.29 is 9.53 Å². The van der Waals surface area contributed by atoms with Crippen molar-refractivity contribution in [3.63, 3.8) is 0 Å². The third-order valence-electron chi connectivity index (χ3n) is 2.03. The first-order valence-electron chi connectivity index (χ1n) is 4.54. The van der Waals surface area contributed by atoms with Gasteiger partial charge in [-0.25, -0.2) is 0 Å². The van der Waals surface area contributed by atoms with Crippen LogP contribution < -0.4 is 0 Å². The van der Waals surface area contributed by atoms with Crippen molar-refractivity contribution in [2.45, 2.75) is 18.1 Å². The Kier molecular flexibility index (Phi) is 4.53. The molecule has 0 amide bonds. The van der Waals surface area contributed by atoms with E-state index in [9.17, 15) is 4.79 Å². The molecule has 0 radical (unpaired) electrons. The average molecular weight is 210 g/mol. The van der Waals surface area contributed by atoms with Gasteiger partial charge in [-0.05, 0) is 12.0 Å². The number of hydrogen-bond donors (Lipinski definition) is 1. The third-order valence-corrected chi connectivity index (χ3v) is 2.59. The highest BCUT2D eigenvalue weighted by Crippen LogP contribution is 2.24. The van der Waals surface area contributed by atoms with Crippen molar-refractivity contribution in [2.75, 3.05) is 7.11 Å². The maximum Gasteiger partial charge on any atom is 0.305 e. The molecular weight excluding hydrogens is 196 g/mol. The van der Waals surface area contributed by atoms with Gasteiger partial charge in [-0.1, -0.05) is 30.3 Å². The largest absolute Gasteiger partial charge is 0.469 e. The highest BCUT2D eigenvalue weighted by molar-refractivity contribution is 7.80. The molecule has 0 aliphatic carbocycles. The summed E-state index contributed by atoms with van der Waals surface area (Å²) in [4.78, 5) is 10.9. The van der Waals surface area contributed by atoms with Gasteiger partial charge in [-0.15, -0.1) is 0 Å². The van der Waals surface area contributed by atoms with Crippen LogP contribution in [0.1, 0.15) is 23.7 Å². The minimum atomic E-state index is -0.181. The number of benzene rings is 1. The number of carbonyl (C=O) groups excluding carboxylic acids is 1. The van der Waals surface area contributed by atoms with E-state index in [0.29, 0.717) is 12.8 Å². The maximum atomic E-state index is 10.9. The second-order valence-corrected chi connectivity index (χ2v) is 3.66. The van der Waals surface area contributed by atoms with Crippen LogP contribution in [0.2, 0.25) is 0 Å². The first-order valence-corrected chi connectivity index (χ1v) is 5.05. The number of thiol groups is 1. The van der Waals surface area contributed by atoms with Gasteiger partial charge in [0.05, 0.1) is 7.11 Å². The monoisotopic (exact) mass is 210 g/mol. The fourth-order valence-corrected chi connectivity index (χ4v) is 1.50. The average Bonchev–Trinajstić information content (AvgIpc) is 2.26. The summed E-state index contributed by atoms with van der Waals surface area (Å²) >= 11 is 4.43. The summed E-state index contributed by atoms with van der Waals surface area (Å²) in [5, 5.41) is 0.107. The van der Waals surface area contributed by atoms with Crippen LogP contribution in [0.5, 0.6) is 0 Å². The molecule has 1 atom stereocenters. The fourth-order valence-electron chi connectivity index (χ4n) is 1.20. The predicted octanol–water partition coefficient (Wildman–Crippen LogP) is 2.61. The molecule has 0 spiro atoms. The van der Waals surface area contributed by atoms with Gasteiger partial charge < -0.3 is 4.74 Å². The number of rotatable bonds is 4. The van der Waals surface area contributed by atoms with E-state index in [0.717, 1.165) is 5.56 Å². The lowest BCUT2D eigenvalue weighted by atomic mass is 10.1. The van der Waals surface area contributed by atoms with Crippen LogP contribution in [-0.2, 0) is 9.53 Å². The van der Waals surface area contributed by atoms with E-state index >= 15 is 0 Å². The number of carbonyl (C=O) groups is 1. The van der Waals surface area contributed by atoms with Gasteiger partial charge in [0.25, 0.3) is 0 Å². The summed E-state index contributed by atoms with van der Waals surface area (Å²) in [5.74, 6) is -0.181. The summed E-state index contributed by atoms with van der Waals surface area (Å²) in [6.45, 7) is 0. The lowest BCUT2D eigenvalue weighted by molar-refractivity contribution is -0.140. The molecule has 1 unspecified atom stereocenters. The maximum absolute atomic E-state index is 10.9. The zero-order chi connectivity index (χ0) is 10.4. The summed E-state index contributed by atoms with van der Waals surface area (Å²) in [7, 11) is 1.40. The second kappa shape index (κ2) is 5.70. The quantitative estimate of drug-likeness (QED) is 0.610.